The molecule has 1 amide bonds. The van der Waals surface area contributed by atoms with Crippen LogP contribution in [0.4, 0.5) is 4.79 Å². The highest BCUT2D eigenvalue weighted by atomic mass is 16.6. The number of carbonyl (C=O) groups excluding carboxylic acids is 1. The van der Waals surface area contributed by atoms with Crippen molar-refractivity contribution in [2.45, 2.75) is 25.4 Å². The number of hydrogen-bond donors (Lipinski definition) is 0. The number of likely N-dealkylation sites (tertiary alicyclic amines) is 1. The molecule has 0 aromatic heterocycles. The van der Waals surface area contributed by atoms with Gasteiger partial charge in [-0.2, -0.15) is 0 Å². The molecule has 2 aliphatic rings. The van der Waals surface area contributed by atoms with Crippen LogP contribution in [0.15, 0.2) is 30.3 Å². The molecule has 3 rings (SSSR count). The smallest absolute Gasteiger partial charge is 0.410 e. The maximum Gasteiger partial charge on any atom is 0.410 e. The standard InChI is InChI=1S/C16H22N2O2/c19-16-18(12-6-11-17-9-4-5-10-17)13-15(20-16)14-7-2-1-3-8-14/h1-3,7-8,15H,4-6,9-13H2. The molecule has 1 aromatic carbocycles. The predicted octanol–water partition coefficient (Wildman–Crippen LogP) is 2.67. The number of ether oxygens (including phenoxy) is 1. The SMILES string of the molecule is O=C1OC(c2ccccc2)CN1CCCN1CCCC1. The van der Waals surface area contributed by atoms with Crippen molar-refractivity contribution in [3.63, 3.8) is 0 Å². The Balaban J connectivity index is 1.47. The zero-order chi connectivity index (χ0) is 13.8. The minimum Gasteiger partial charge on any atom is -0.439 e. The van der Waals surface area contributed by atoms with Crippen molar-refractivity contribution in [2.24, 2.45) is 0 Å². The number of rotatable bonds is 5. The molecule has 0 N–H and O–H groups in total. The fourth-order valence-electron chi connectivity index (χ4n) is 3.02. The van der Waals surface area contributed by atoms with Crippen LogP contribution in [0.5, 0.6) is 0 Å². The summed E-state index contributed by atoms with van der Waals surface area (Å²) in [7, 11) is 0. The van der Waals surface area contributed by atoms with Gasteiger partial charge >= 0.3 is 6.09 Å². The second-order valence-electron chi connectivity index (χ2n) is 5.63. The average Bonchev–Trinajstić information content (AvgIpc) is 3.11. The molecule has 1 unspecified atom stereocenters. The molecule has 0 bridgehead atoms. The van der Waals surface area contributed by atoms with E-state index in [-0.39, 0.29) is 12.2 Å². The molecule has 4 heteroatoms. The first-order valence-corrected chi connectivity index (χ1v) is 7.56. The molecule has 20 heavy (non-hydrogen) atoms. The van der Waals surface area contributed by atoms with E-state index >= 15 is 0 Å². The molecule has 2 fully saturated rings. The second-order valence-corrected chi connectivity index (χ2v) is 5.63. The number of amides is 1. The van der Waals surface area contributed by atoms with Crippen LogP contribution in [-0.4, -0.2) is 48.6 Å². The normalized spacial score (nSPS) is 23.3. The predicted molar refractivity (Wildman–Crippen MR) is 77.5 cm³/mol. The third-order valence-corrected chi connectivity index (χ3v) is 4.16. The van der Waals surface area contributed by atoms with Gasteiger partial charge in [0.1, 0.15) is 6.10 Å². The maximum atomic E-state index is 11.9. The first-order chi connectivity index (χ1) is 9.83. The molecule has 2 aliphatic heterocycles. The molecule has 108 valence electrons. The van der Waals surface area contributed by atoms with Gasteiger partial charge in [0, 0.05) is 6.54 Å². The van der Waals surface area contributed by atoms with Gasteiger partial charge < -0.3 is 14.5 Å². The summed E-state index contributed by atoms with van der Waals surface area (Å²) in [5, 5.41) is 0. The molecular weight excluding hydrogens is 252 g/mol. The van der Waals surface area contributed by atoms with Gasteiger partial charge in [-0.25, -0.2) is 4.79 Å². The summed E-state index contributed by atoms with van der Waals surface area (Å²) in [6.07, 6.45) is 3.41. The summed E-state index contributed by atoms with van der Waals surface area (Å²) >= 11 is 0. The van der Waals surface area contributed by atoms with E-state index in [0.717, 1.165) is 25.1 Å². The Bertz CT molecular complexity index is 443. The molecule has 0 aliphatic carbocycles. The summed E-state index contributed by atoms with van der Waals surface area (Å²) in [6, 6.07) is 9.99. The van der Waals surface area contributed by atoms with Crippen molar-refractivity contribution in [3.05, 3.63) is 35.9 Å². The second kappa shape index (κ2) is 6.27. The average molecular weight is 274 g/mol. The third-order valence-electron chi connectivity index (χ3n) is 4.16. The lowest BCUT2D eigenvalue weighted by molar-refractivity contribution is 0.132. The van der Waals surface area contributed by atoms with Gasteiger partial charge in [-0.1, -0.05) is 30.3 Å². The Morgan fingerprint density at radius 3 is 2.60 bits per heavy atom. The van der Waals surface area contributed by atoms with Crippen LogP contribution in [-0.2, 0) is 4.74 Å². The molecule has 1 aromatic rings. The van der Waals surface area contributed by atoms with Gasteiger partial charge in [0.15, 0.2) is 0 Å². The topological polar surface area (TPSA) is 32.8 Å². The Morgan fingerprint density at radius 1 is 1.10 bits per heavy atom. The Morgan fingerprint density at radius 2 is 1.85 bits per heavy atom. The Kier molecular flexibility index (Phi) is 4.21. The molecule has 1 atom stereocenters. The molecule has 0 saturated carbocycles. The first-order valence-electron chi connectivity index (χ1n) is 7.56. The summed E-state index contributed by atoms with van der Waals surface area (Å²) in [5.41, 5.74) is 1.09. The monoisotopic (exact) mass is 274 g/mol. The quantitative estimate of drug-likeness (QED) is 0.827. The highest BCUT2D eigenvalue weighted by Crippen LogP contribution is 2.25. The van der Waals surface area contributed by atoms with Crippen molar-refractivity contribution in [2.75, 3.05) is 32.7 Å². The van der Waals surface area contributed by atoms with Gasteiger partial charge in [-0.15, -0.1) is 0 Å². The van der Waals surface area contributed by atoms with Crippen LogP contribution in [0.1, 0.15) is 30.9 Å². The van der Waals surface area contributed by atoms with Crippen molar-refractivity contribution < 1.29 is 9.53 Å². The largest absolute Gasteiger partial charge is 0.439 e. The van der Waals surface area contributed by atoms with E-state index < -0.39 is 0 Å². The van der Waals surface area contributed by atoms with Gasteiger partial charge in [0.2, 0.25) is 0 Å². The van der Waals surface area contributed by atoms with E-state index in [1.54, 1.807) is 0 Å². The highest BCUT2D eigenvalue weighted by Gasteiger charge is 2.31. The fourth-order valence-corrected chi connectivity index (χ4v) is 3.02. The lowest BCUT2D eigenvalue weighted by Gasteiger charge is -2.17. The summed E-state index contributed by atoms with van der Waals surface area (Å²) in [6.45, 7) is 5.02. The zero-order valence-electron chi connectivity index (χ0n) is 11.8. The molecule has 2 saturated heterocycles. The zero-order valence-corrected chi connectivity index (χ0v) is 11.8. The number of carbonyl (C=O) groups is 1. The Labute approximate surface area is 120 Å². The van der Waals surface area contributed by atoms with E-state index in [1.165, 1.54) is 25.9 Å². The summed E-state index contributed by atoms with van der Waals surface area (Å²) < 4.78 is 5.46. The number of cyclic esters (lactones) is 1. The molecule has 0 radical (unpaired) electrons. The van der Waals surface area contributed by atoms with Gasteiger partial charge in [0.25, 0.3) is 0 Å². The summed E-state index contributed by atoms with van der Waals surface area (Å²) in [5.74, 6) is 0. The van der Waals surface area contributed by atoms with Crippen LogP contribution >= 0.6 is 0 Å². The minimum absolute atomic E-state index is 0.101. The van der Waals surface area contributed by atoms with E-state index in [2.05, 4.69) is 4.90 Å². The summed E-state index contributed by atoms with van der Waals surface area (Å²) in [4.78, 5) is 16.2. The molecule has 4 nitrogen and oxygen atoms in total. The van der Waals surface area contributed by atoms with Crippen molar-refractivity contribution in [1.29, 1.82) is 0 Å². The van der Waals surface area contributed by atoms with Crippen LogP contribution in [0, 0.1) is 0 Å². The molecular formula is C16H22N2O2. The minimum atomic E-state index is -0.166. The van der Waals surface area contributed by atoms with Gasteiger partial charge in [0.05, 0.1) is 6.54 Å². The van der Waals surface area contributed by atoms with Crippen LogP contribution in [0.2, 0.25) is 0 Å². The van der Waals surface area contributed by atoms with E-state index in [0.29, 0.717) is 6.54 Å². The maximum absolute atomic E-state index is 11.9. The number of nitrogens with zero attached hydrogens (tertiary/aromatic N) is 2. The number of benzene rings is 1. The van der Waals surface area contributed by atoms with Gasteiger partial charge in [-0.05, 0) is 44.5 Å². The molecule has 0 spiro atoms. The molecule has 2 heterocycles. The fraction of sp³-hybridized carbons (Fsp3) is 0.562. The van der Waals surface area contributed by atoms with Crippen molar-refractivity contribution in [1.82, 2.24) is 9.80 Å². The lowest BCUT2D eigenvalue weighted by atomic mass is 10.1. The van der Waals surface area contributed by atoms with Crippen molar-refractivity contribution >= 4 is 6.09 Å². The highest BCUT2D eigenvalue weighted by molar-refractivity contribution is 5.70. The van der Waals surface area contributed by atoms with Crippen LogP contribution < -0.4 is 0 Å². The first kappa shape index (κ1) is 13.4. The van der Waals surface area contributed by atoms with Crippen LogP contribution in [0.3, 0.4) is 0 Å². The van der Waals surface area contributed by atoms with Gasteiger partial charge in [-0.3, -0.25) is 0 Å². The van der Waals surface area contributed by atoms with E-state index in [1.807, 2.05) is 35.2 Å². The van der Waals surface area contributed by atoms with E-state index in [4.69, 9.17) is 4.74 Å². The number of hydrogen-bond acceptors (Lipinski definition) is 3. The lowest BCUT2D eigenvalue weighted by Crippen LogP contribution is -2.29. The Hall–Kier alpha value is -1.55. The third kappa shape index (κ3) is 3.12. The van der Waals surface area contributed by atoms with Crippen LogP contribution in [0.25, 0.3) is 0 Å². The van der Waals surface area contributed by atoms with E-state index in [9.17, 15) is 4.79 Å². The van der Waals surface area contributed by atoms with Crippen molar-refractivity contribution in [3.8, 4) is 0 Å².